The maximum absolute atomic E-state index is 5.85. The fraction of sp³-hybridized carbons (Fsp3) is 0.375. The Kier molecular flexibility index (Phi) is 5.19. The lowest BCUT2D eigenvalue weighted by atomic mass is 10.1. The molecule has 0 aliphatic heterocycles. The smallest absolute Gasteiger partial charge is 0.134 e. The Morgan fingerprint density at radius 3 is 2.89 bits per heavy atom. The predicted octanol–water partition coefficient (Wildman–Crippen LogP) is 3.59. The summed E-state index contributed by atoms with van der Waals surface area (Å²) < 4.78 is 11.0. The highest BCUT2D eigenvalue weighted by atomic mass is 16.5. The van der Waals surface area contributed by atoms with Crippen LogP contribution in [0.3, 0.4) is 0 Å². The molecule has 0 aliphatic rings. The molecule has 1 aromatic carbocycles. The maximum Gasteiger partial charge on any atom is 0.134 e. The van der Waals surface area contributed by atoms with E-state index >= 15 is 0 Å². The minimum atomic E-state index is 0.624. The molecule has 1 aromatic heterocycles. The van der Waals surface area contributed by atoms with Crippen LogP contribution < -0.4 is 5.32 Å². The summed E-state index contributed by atoms with van der Waals surface area (Å²) in [6, 6.07) is 12.3. The minimum absolute atomic E-state index is 0.624. The van der Waals surface area contributed by atoms with Crippen molar-refractivity contribution in [1.29, 1.82) is 0 Å². The Hall–Kier alpha value is -1.58. The Labute approximate surface area is 114 Å². The average molecular weight is 259 g/mol. The van der Waals surface area contributed by atoms with E-state index in [2.05, 4.69) is 30.4 Å². The molecule has 0 fully saturated rings. The van der Waals surface area contributed by atoms with E-state index in [0.717, 1.165) is 42.2 Å². The molecule has 0 aliphatic carbocycles. The monoisotopic (exact) mass is 259 g/mol. The number of hydrogen-bond acceptors (Lipinski definition) is 3. The zero-order valence-corrected chi connectivity index (χ0v) is 11.6. The van der Waals surface area contributed by atoms with Gasteiger partial charge in [-0.05, 0) is 36.7 Å². The number of hydrogen-bond donors (Lipinski definition) is 1. The van der Waals surface area contributed by atoms with Crippen molar-refractivity contribution in [2.75, 3.05) is 13.7 Å². The van der Waals surface area contributed by atoms with E-state index < -0.39 is 0 Å². The highest BCUT2D eigenvalue weighted by Gasteiger charge is 2.05. The van der Waals surface area contributed by atoms with Gasteiger partial charge < -0.3 is 14.5 Å². The molecule has 2 aromatic rings. The summed E-state index contributed by atoms with van der Waals surface area (Å²) in [5.41, 5.74) is 2.25. The van der Waals surface area contributed by atoms with Gasteiger partial charge in [-0.3, -0.25) is 0 Å². The molecule has 0 saturated carbocycles. The maximum atomic E-state index is 5.85. The van der Waals surface area contributed by atoms with E-state index in [1.54, 1.807) is 7.11 Å². The van der Waals surface area contributed by atoms with Crippen LogP contribution in [0.15, 0.2) is 40.8 Å². The third-order valence-electron chi connectivity index (χ3n) is 2.91. The molecule has 0 amide bonds. The molecule has 0 saturated heterocycles. The third-order valence-corrected chi connectivity index (χ3v) is 2.91. The van der Waals surface area contributed by atoms with Gasteiger partial charge in [0.1, 0.15) is 11.5 Å². The lowest BCUT2D eigenvalue weighted by Crippen LogP contribution is -2.12. The van der Waals surface area contributed by atoms with Gasteiger partial charge in [-0.15, -0.1) is 0 Å². The number of furan rings is 1. The topological polar surface area (TPSA) is 34.4 Å². The molecule has 0 bridgehead atoms. The summed E-state index contributed by atoms with van der Waals surface area (Å²) in [6.07, 6.45) is 1.13. The first-order valence-corrected chi connectivity index (χ1v) is 6.71. The summed E-state index contributed by atoms with van der Waals surface area (Å²) in [4.78, 5) is 0. The van der Waals surface area contributed by atoms with Crippen LogP contribution in [-0.2, 0) is 17.9 Å². The van der Waals surface area contributed by atoms with Crippen molar-refractivity contribution in [3.05, 3.63) is 47.7 Å². The van der Waals surface area contributed by atoms with Crippen LogP contribution in [0.5, 0.6) is 0 Å². The van der Waals surface area contributed by atoms with Gasteiger partial charge in [0, 0.05) is 12.7 Å². The van der Waals surface area contributed by atoms with Gasteiger partial charge in [-0.25, -0.2) is 0 Å². The van der Waals surface area contributed by atoms with E-state index in [9.17, 15) is 0 Å². The summed E-state index contributed by atoms with van der Waals surface area (Å²) in [7, 11) is 1.71. The quantitative estimate of drug-likeness (QED) is 0.772. The largest absolute Gasteiger partial charge is 0.460 e. The summed E-state index contributed by atoms with van der Waals surface area (Å²) in [5.74, 6) is 1.88. The normalized spacial score (nSPS) is 10.8. The first kappa shape index (κ1) is 13.8. The van der Waals surface area contributed by atoms with E-state index in [1.165, 1.54) is 0 Å². The number of rotatable bonds is 7. The number of methoxy groups -OCH3 is 1. The zero-order chi connectivity index (χ0) is 13.5. The summed E-state index contributed by atoms with van der Waals surface area (Å²) >= 11 is 0. The van der Waals surface area contributed by atoms with Crippen LogP contribution in [0.4, 0.5) is 0 Å². The molecule has 0 unspecified atom stereocenters. The number of nitrogens with one attached hydrogen (secondary N) is 1. The Bertz CT molecular complexity index is 505. The van der Waals surface area contributed by atoms with Crippen molar-refractivity contribution in [1.82, 2.24) is 5.32 Å². The van der Waals surface area contributed by atoms with Crippen LogP contribution in [0.2, 0.25) is 0 Å². The van der Waals surface area contributed by atoms with Gasteiger partial charge in [-0.1, -0.05) is 25.1 Å². The fourth-order valence-corrected chi connectivity index (χ4v) is 2.00. The number of ether oxygens (including phenoxy) is 1. The van der Waals surface area contributed by atoms with Crippen molar-refractivity contribution >= 4 is 0 Å². The van der Waals surface area contributed by atoms with Gasteiger partial charge in [0.2, 0.25) is 0 Å². The molecule has 1 N–H and O–H groups in total. The van der Waals surface area contributed by atoms with E-state index in [0.29, 0.717) is 6.61 Å². The van der Waals surface area contributed by atoms with Crippen molar-refractivity contribution in [3.8, 4) is 11.3 Å². The van der Waals surface area contributed by atoms with Gasteiger partial charge in [0.25, 0.3) is 0 Å². The van der Waals surface area contributed by atoms with Crippen LogP contribution in [0.1, 0.15) is 24.7 Å². The minimum Gasteiger partial charge on any atom is -0.460 e. The van der Waals surface area contributed by atoms with E-state index in [-0.39, 0.29) is 0 Å². The molecule has 2 rings (SSSR count). The lowest BCUT2D eigenvalue weighted by molar-refractivity contribution is 0.185. The fourth-order valence-electron chi connectivity index (χ4n) is 2.00. The van der Waals surface area contributed by atoms with E-state index in [1.807, 2.05) is 18.2 Å². The van der Waals surface area contributed by atoms with Gasteiger partial charge in [0.15, 0.2) is 0 Å². The average Bonchev–Trinajstić information content (AvgIpc) is 2.89. The van der Waals surface area contributed by atoms with Gasteiger partial charge in [-0.2, -0.15) is 0 Å². The molecular weight excluding hydrogens is 238 g/mol. The molecule has 19 heavy (non-hydrogen) atoms. The van der Waals surface area contributed by atoms with Crippen molar-refractivity contribution < 1.29 is 9.15 Å². The molecule has 0 radical (unpaired) electrons. The van der Waals surface area contributed by atoms with Crippen molar-refractivity contribution in [2.24, 2.45) is 0 Å². The standard InChI is InChI=1S/C16H21NO2/c1-3-9-17-11-15-7-8-16(19-15)14-6-4-5-13(10-14)12-18-2/h4-8,10,17H,3,9,11-12H2,1-2H3. The van der Waals surface area contributed by atoms with Crippen molar-refractivity contribution in [2.45, 2.75) is 26.5 Å². The highest BCUT2D eigenvalue weighted by Crippen LogP contribution is 2.23. The van der Waals surface area contributed by atoms with E-state index in [4.69, 9.17) is 9.15 Å². The zero-order valence-electron chi connectivity index (χ0n) is 11.6. The summed E-state index contributed by atoms with van der Waals surface area (Å²) in [6.45, 7) is 4.58. The molecule has 0 atom stereocenters. The highest BCUT2D eigenvalue weighted by molar-refractivity contribution is 5.58. The SMILES string of the molecule is CCCNCc1ccc(-c2cccc(COC)c2)o1. The second kappa shape index (κ2) is 7.12. The molecule has 0 spiro atoms. The second-order valence-corrected chi connectivity index (χ2v) is 4.58. The molecule has 1 heterocycles. The predicted molar refractivity (Wildman–Crippen MR) is 76.9 cm³/mol. The molecule has 3 heteroatoms. The lowest BCUT2D eigenvalue weighted by Gasteiger charge is -2.03. The molecular formula is C16H21NO2. The first-order valence-electron chi connectivity index (χ1n) is 6.71. The Balaban J connectivity index is 2.07. The van der Waals surface area contributed by atoms with Gasteiger partial charge >= 0.3 is 0 Å². The number of benzene rings is 1. The summed E-state index contributed by atoms with van der Waals surface area (Å²) in [5, 5.41) is 3.33. The first-order chi connectivity index (χ1) is 9.33. The van der Waals surface area contributed by atoms with Crippen LogP contribution in [-0.4, -0.2) is 13.7 Å². The Morgan fingerprint density at radius 1 is 1.21 bits per heavy atom. The molecule has 102 valence electrons. The third kappa shape index (κ3) is 3.94. The Morgan fingerprint density at radius 2 is 2.11 bits per heavy atom. The second-order valence-electron chi connectivity index (χ2n) is 4.58. The van der Waals surface area contributed by atoms with Gasteiger partial charge in [0.05, 0.1) is 13.2 Å². The van der Waals surface area contributed by atoms with Crippen molar-refractivity contribution in [3.63, 3.8) is 0 Å². The van der Waals surface area contributed by atoms with Crippen LogP contribution in [0.25, 0.3) is 11.3 Å². The van der Waals surface area contributed by atoms with Crippen LogP contribution in [0, 0.1) is 0 Å². The molecule has 3 nitrogen and oxygen atoms in total. The van der Waals surface area contributed by atoms with Crippen LogP contribution >= 0.6 is 0 Å².